The van der Waals surface area contributed by atoms with Crippen molar-refractivity contribution in [3.63, 3.8) is 0 Å². The molecule has 1 unspecified atom stereocenters. The monoisotopic (exact) mass is 388 g/mol. The van der Waals surface area contributed by atoms with Gasteiger partial charge < -0.3 is 0 Å². The molecule has 1 aliphatic rings. The Morgan fingerprint density at radius 3 is 1.75 bits per heavy atom. The third-order valence-corrected chi connectivity index (χ3v) is 6.90. The van der Waals surface area contributed by atoms with Crippen molar-refractivity contribution in [1.29, 1.82) is 0 Å². The third-order valence-electron chi connectivity index (χ3n) is 4.91. The summed E-state index contributed by atoms with van der Waals surface area (Å²) in [5.41, 5.74) is 2.06. The second-order valence-electron chi connectivity index (χ2n) is 6.86. The summed E-state index contributed by atoms with van der Waals surface area (Å²) in [5.74, 6) is -1.04. The van der Waals surface area contributed by atoms with E-state index in [0.717, 1.165) is 5.57 Å². The number of carbonyl (C=O) groups is 1. The zero-order chi connectivity index (χ0) is 19.6. The van der Waals surface area contributed by atoms with Crippen LogP contribution in [-0.2, 0) is 9.84 Å². The molecule has 3 aromatic carbocycles. The molecule has 1 aliphatic carbocycles. The number of carbonyl (C=O) groups excluding carboxylic acids is 1. The first kappa shape index (κ1) is 18.4. The van der Waals surface area contributed by atoms with E-state index in [1.165, 1.54) is 0 Å². The number of sulfone groups is 1. The molecule has 1 saturated carbocycles. The number of rotatable bonds is 6. The van der Waals surface area contributed by atoms with Crippen molar-refractivity contribution in [1.82, 2.24) is 0 Å². The minimum atomic E-state index is -3.78. The molecule has 0 aromatic heterocycles. The first-order valence-electron chi connectivity index (χ1n) is 9.25. The van der Waals surface area contributed by atoms with E-state index in [1.807, 2.05) is 36.4 Å². The molecule has 0 bridgehead atoms. The molecular weight excluding hydrogens is 368 g/mol. The van der Waals surface area contributed by atoms with Crippen molar-refractivity contribution >= 4 is 15.6 Å². The van der Waals surface area contributed by atoms with Crippen LogP contribution in [0, 0.1) is 0 Å². The van der Waals surface area contributed by atoms with Gasteiger partial charge >= 0.3 is 0 Å². The van der Waals surface area contributed by atoms with Gasteiger partial charge in [0.05, 0.1) is 15.7 Å². The van der Waals surface area contributed by atoms with E-state index in [4.69, 9.17) is 0 Å². The maximum atomic E-state index is 13.6. The van der Waals surface area contributed by atoms with Crippen LogP contribution in [0.25, 0.3) is 0 Å². The van der Waals surface area contributed by atoms with Gasteiger partial charge in [-0.15, -0.1) is 0 Å². The zero-order valence-electron chi connectivity index (χ0n) is 15.3. The van der Waals surface area contributed by atoms with Crippen LogP contribution in [0.3, 0.4) is 0 Å². The Morgan fingerprint density at radius 1 is 0.714 bits per heavy atom. The Morgan fingerprint density at radius 2 is 1.21 bits per heavy atom. The van der Waals surface area contributed by atoms with Crippen LogP contribution in [-0.4, -0.2) is 14.2 Å². The van der Waals surface area contributed by atoms with Crippen molar-refractivity contribution in [2.45, 2.75) is 23.7 Å². The fourth-order valence-electron chi connectivity index (χ4n) is 3.42. The fourth-order valence-corrected chi connectivity index (χ4v) is 5.33. The highest BCUT2D eigenvalue weighted by atomic mass is 32.2. The second-order valence-corrected chi connectivity index (χ2v) is 8.78. The molecule has 0 aliphatic heterocycles. The van der Waals surface area contributed by atoms with Gasteiger partial charge in [0.15, 0.2) is 5.78 Å². The van der Waals surface area contributed by atoms with Gasteiger partial charge in [-0.3, -0.25) is 4.79 Å². The molecule has 1 fully saturated rings. The van der Waals surface area contributed by atoms with Gasteiger partial charge in [-0.05, 0) is 30.5 Å². The van der Waals surface area contributed by atoms with E-state index in [-0.39, 0.29) is 15.6 Å². The van der Waals surface area contributed by atoms with Crippen LogP contribution in [0.2, 0.25) is 0 Å². The normalized spacial score (nSPS) is 14.4. The molecule has 140 valence electrons. The van der Waals surface area contributed by atoms with E-state index >= 15 is 0 Å². The van der Waals surface area contributed by atoms with Gasteiger partial charge in [-0.1, -0.05) is 84.4 Å². The summed E-state index contributed by atoms with van der Waals surface area (Å²) >= 11 is 0. The largest absolute Gasteiger partial charge is 0.293 e. The highest BCUT2D eigenvalue weighted by molar-refractivity contribution is 7.95. The predicted molar refractivity (Wildman–Crippen MR) is 110 cm³/mol. The maximum absolute atomic E-state index is 13.6. The van der Waals surface area contributed by atoms with Crippen LogP contribution < -0.4 is 0 Å². The van der Waals surface area contributed by atoms with E-state index in [0.29, 0.717) is 24.0 Å². The Balaban J connectivity index is 1.90. The predicted octanol–water partition coefficient (Wildman–Crippen LogP) is 5.17. The summed E-state index contributed by atoms with van der Waals surface area (Å²) in [6.07, 6.45) is 1.43. The lowest BCUT2D eigenvalue weighted by atomic mass is 9.89. The number of Topliss-reactive ketones (excluding diaryl/α,β-unsaturated/α-hetero) is 1. The van der Waals surface area contributed by atoms with Gasteiger partial charge in [0.25, 0.3) is 0 Å². The highest BCUT2D eigenvalue weighted by Gasteiger charge is 2.39. The topological polar surface area (TPSA) is 51.2 Å². The molecule has 0 spiro atoms. The van der Waals surface area contributed by atoms with Crippen molar-refractivity contribution in [3.05, 3.63) is 113 Å². The summed E-state index contributed by atoms with van der Waals surface area (Å²) in [6.45, 7) is 0. The molecule has 0 N–H and O–H groups in total. The molecule has 1 atom stereocenters. The standard InChI is InChI=1S/C24H20O3S/c25-23(19-12-6-2-7-13-19)22(18-10-4-1-5-11-18)24(20-16-17-20)28(26,27)21-14-8-3-9-15-21/h1-15,22H,16-17H2. The number of hydrogen-bond donors (Lipinski definition) is 0. The summed E-state index contributed by atoms with van der Waals surface area (Å²) in [4.78, 5) is 14.0. The number of ketones is 1. The first-order valence-corrected chi connectivity index (χ1v) is 10.7. The average Bonchev–Trinajstić information content (AvgIpc) is 3.58. The molecule has 28 heavy (non-hydrogen) atoms. The fraction of sp³-hybridized carbons (Fsp3) is 0.125. The summed E-state index contributed by atoms with van der Waals surface area (Å²) < 4.78 is 27.1. The molecule has 4 rings (SSSR count). The summed E-state index contributed by atoms with van der Waals surface area (Å²) in [7, 11) is -3.78. The van der Waals surface area contributed by atoms with Gasteiger partial charge in [0.1, 0.15) is 0 Å². The van der Waals surface area contributed by atoms with Gasteiger partial charge in [0, 0.05) is 5.56 Å². The molecule has 3 nitrogen and oxygen atoms in total. The molecular formula is C24H20O3S. The number of hydrogen-bond acceptors (Lipinski definition) is 3. The minimum Gasteiger partial charge on any atom is -0.293 e. The van der Waals surface area contributed by atoms with Gasteiger partial charge in [0.2, 0.25) is 9.84 Å². The molecule has 3 aromatic rings. The van der Waals surface area contributed by atoms with Crippen LogP contribution in [0.5, 0.6) is 0 Å². The molecule has 0 radical (unpaired) electrons. The first-order chi connectivity index (χ1) is 13.6. The molecule has 0 heterocycles. The summed E-state index contributed by atoms with van der Waals surface area (Å²) in [5, 5.41) is 0. The van der Waals surface area contributed by atoms with Crippen molar-refractivity contribution in [3.8, 4) is 0 Å². The lowest BCUT2D eigenvalue weighted by molar-refractivity contribution is 0.0974. The van der Waals surface area contributed by atoms with Crippen LogP contribution >= 0.6 is 0 Å². The Hall–Kier alpha value is -2.98. The highest BCUT2D eigenvalue weighted by Crippen LogP contribution is 2.44. The smallest absolute Gasteiger partial charge is 0.203 e. The lowest BCUT2D eigenvalue weighted by Crippen LogP contribution is -2.21. The van der Waals surface area contributed by atoms with E-state index < -0.39 is 15.8 Å². The lowest BCUT2D eigenvalue weighted by Gasteiger charge is -2.21. The zero-order valence-corrected chi connectivity index (χ0v) is 16.1. The summed E-state index contributed by atoms with van der Waals surface area (Å²) in [6, 6.07) is 26.5. The van der Waals surface area contributed by atoms with Gasteiger partial charge in [-0.25, -0.2) is 8.42 Å². The Kier molecular flexibility index (Phi) is 4.97. The van der Waals surface area contributed by atoms with Crippen molar-refractivity contribution in [2.24, 2.45) is 0 Å². The van der Waals surface area contributed by atoms with Crippen LogP contribution in [0.4, 0.5) is 0 Å². The molecule has 0 amide bonds. The van der Waals surface area contributed by atoms with Gasteiger partial charge in [-0.2, -0.15) is 0 Å². The van der Waals surface area contributed by atoms with Crippen molar-refractivity contribution in [2.75, 3.05) is 0 Å². The molecule has 0 saturated heterocycles. The number of allylic oxidation sites excluding steroid dienone is 2. The second kappa shape index (κ2) is 7.56. The Bertz CT molecular complexity index is 1110. The molecule has 4 heteroatoms. The third kappa shape index (κ3) is 3.56. The van der Waals surface area contributed by atoms with Crippen LogP contribution in [0.15, 0.2) is 106 Å². The van der Waals surface area contributed by atoms with E-state index in [9.17, 15) is 13.2 Å². The minimum absolute atomic E-state index is 0.194. The Labute approximate surface area is 165 Å². The quantitative estimate of drug-likeness (QED) is 0.547. The van der Waals surface area contributed by atoms with E-state index in [2.05, 4.69) is 0 Å². The van der Waals surface area contributed by atoms with E-state index in [1.54, 1.807) is 54.6 Å². The van der Waals surface area contributed by atoms with Crippen molar-refractivity contribution < 1.29 is 13.2 Å². The average molecular weight is 388 g/mol. The SMILES string of the molecule is O=C(c1ccccc1)C(C(=C1CC1)S(=O)(=O)c1ccccc1)c1ccccc1. The number of benzene rings is 3. The maximum Gasteiger partial charge on any atom is 0.203 e. The van der Waals surface area contributed by atoms with Crippen LogP contribution in [0.1, 0.15) is 34.7 Å².